The number of aromatic nitrogens is 1. The number of halogens is 1. The lowest BCUT2D eigenvalue weighted by molar-refractivity contribution is -0.143. The molecule has 4 heteroatoms. The summed E-state index contributed by atoms with van der Waals surface area (Å²) in [5.74, 6) is -0.108. The minimum absolute atomic E-state index is 0.108. The van der Waals surface area contributed by atoms with E-state index in [0.29, 0.717) is 13.0 Å². The van der Waals surface area contributed by atoms with Crippen LogP contribution in [0.5, 0.6) is 0 Å². The Morgan fingerprint density at radius 3 is 2.95 bits per heavy atom. The summed E-state index contributed by atoms with van der Waals surface area (Å²) in [5.41, 5.74) is 1.14. The Hall–Kier alpha value is -1.48. The van der Waals surface area contributed by atoms with Gasteiger partial charge in [0, 0.05) is 35.1 Å². The minimum Gasteiger partial charge on any atom is -0.466 e. The second-order valence-corrected chi connectivity index (χ2v) is 4.85. The molecule has 1 heterocycles. The third-order valence-electron chi connectivity index (χ3n) is 3.10. The van der Waals surface area contributed by atoms with E-state index in [-0.39, 0.29) is 5.97 Å². The third-order valence-corrected chi connectivity index (χ3v) is 3.43. The van der Waals surface area contributed by atoms with Gasteiger partial charge in [0.15, 0.2) is 0 Å². The highest BCUT2D eigenvalue weighted by molar-refractivity contribution is 6.35. The number of fused-ring (bicyclic) bond motifs is 1. The highest BCUT2D eigenvalue weighted by atomic mass is 35.5. The Morgan fingerprint density at radius 2 is 2.16 bits per heavy atom. The normalized spacial score (nSPS) is 10.8. The third kappa shape index (κ3) is 3.51. The molecule has 0 fully saturated rings. The molecule has 0 aliphatic carbocycles. The standard InChI is InChI=1S/C15H18ClNO2/c1-2-19-15(18)8-3-4-10-17-11-9-12-13(16)6-5-7-14(12)17/h5-7,9,11H,2-4,8,10H2,1H3. The molecule has 19 heavy (non-hydrogen) atoms. The van der Waals surface area contributed by atoms with Crippen molar-refractivity contribution >= 4 is 28.5 Å². The Labute approximate surface area is 118 Å². The monoisotopic (exact) mass is 279 g/mol. The molecule has 0 amide bonds. The van der Waals surface area contributed by atoms with Gasteiger partial charge in [0.2, 0.25) is 0 Å². The lowest BCUT2D eigenvalue weighted by Crippen LogP contribution is -2.04. The van der Waals surface area contributed by atoms with E-state index in [4.69, 9.17) is 16.3 Å². The number of hydrogen-bond acceptors (Lipinski definition) is 2. The van der Waals surface area contributed by atoms with Crippen LogP contribution in [-0.4, -0.2) is 17.1 Å². The molecule has 0 aliphatic heterocycles. The fraction of sp³-hybridized carbons (Fsp3) is 0.400. The van der Waals surface area contributed by atoms with Crippen LogP contribution in [0.4, 0.5) is 0 Å². The van der Waals surface area contributed by atoms with Crippen LogP contribution in [0.15, 0.2) is 30.5 Å². The largest absolute Gasteiger partial charge is 0.466 e. The maximum Gasteiger partial charge on any atom is 0.305 e. The van der Waals surface area contributed by atoms with Gasteiger partial charge in [-0.1, -0.05) is 17.7 Å². The van der Waals surface area contributed by atoms with Crippen LogP contribution in [0.25, 0.3) is 10.9 Å². The molecule has 102 valence electrons. The first-order valence-electron chi connectivity index (χ1n) is 6.61. The van der Waals surface area contributed by atoms with Crippen molar-refractivity contribution in [2.45, 2.75) is 32.7 Å². The van der Waals surface area contributed by atoms with Gasteiger partial charge in [0.25, 0.3) is 0 Å². The molecule has 2 aromatic rings. The van der Waals surface area contributed by atoms with Gasteiger partial charge in [0.05, 0.1) is 6.61 Å². The molecule has 0 saturated carbocycles. The molecular weight excluding hydrogens is 262 g/mol. The quantitative estimate of drug-likeness (QED) is 0.590. The average molecular weight is 280 g/mol. The van der Waals surface area contributed by atoms with Gasteiger partial charge in [-0.3, -0.25) is 4.79 Å². The van der Waals surface area contributed by atoms with E-state index in [1.54, 1.807) is 0 Å². The molecule has 1 aromatic heterocycles. The average Bonchev–Trinajstić information content (AvgIpc) is 2.80. The SMILES string of the molecule is CCOC(=O)CCCCn1ccc2c(Cl)cccc21. The highest BCUT2D eigenvalue weighted by Crippen LogP contribution is 2.24. The van der Waals surface area contributed by atoms with Crippen molar-refractivity contribution in [3.05, 3.63) is 35.5 Å². The van der Waals surface area contributed by atoms with E-state index >= 15 is 0 Å². The number of ether oxygens (including phenoxy) is 1. The Morgan fingerprint density at radius 1 is 1.32 bits per heavy atom. The summed E-state index contributed by atoms with van der Waals surface area (Å²) in [6.45, 7) is 3.18. The molecule has 0 atom stereocenters. The zero-order valence-corrected chi connectivity index (χ0v) is 11.8. The van der Waals surface area contributed by atoms with E-state index in [1.165, 1.54) is 0 Å². The number of rotatable bonds is 6. The minimum atomic E-state index is -0.108. The maximum atomic E-state index is 11.2. The number of esters is 1. The Kier molecular flexibility index (Phi) is 4.86. The first kappa shape index (κ1) is 13.9. The first-order valence-corrected chi connectivity index (χ1v) is 6.99. The summed E-state index contributed by atoms with van der Waals surface area (Å²) in [4.78, 5) is 11.2. The van der Waals surface area contributed by atoms with Crippen molar-refractivity contribution in [1.82, 2.24) is 4.57 Å². The van der Waals surface area contributed by atoms with Crippen LogP contribution >= 0.6 is 11.6 Å². The number of benzene rings is 1. The zero-order chi connectivity index (χ0) is 13.7. The fourth-order valence-electron chi connectivity index (χ4n) is 2.17. The first-order chi connectivity index (χ1) is 9.22. The summed E-state index contributed by atoms with van der Waals surface area (Å²) in [5, 5.41) is 1.86. The second kappa shape index (κ2) is 6.62. The molecule has 0 radical (unpaired) electrons. The van der Waals surface area contributed by atoms with Crippen LogP contribution in [0.3, 0.4) is 0 Å². The zero-order valence-electron chi connectivity index (χ0n) is 11.1. The molecule has 1 aromatic carbocycles. The van der Waals surface area contributed by atoms with Crippen LogP contribution in [0.1, 0.15) is 26.2 Å². The van der Waals surface area contributed by atoms with Gasteiger partial charge in [-0.05, 0) is 38.0 Å². The van der Waals surface area contributed by atoms with Gasteiger partial charge in [-0.15, -0.1) is 0 Å². The van der Waals surface area contributed by atoms with Crippen molar-refractivity contribution < 1.29 is 9.53 Å². The molecular formula is C15H18ClNO2. The predicted molar refractivity (Wildman–Crippen MR) is 77.4 cm³/mol. The number of carbonyl (C=O) groups excluding carboxylic acids is 1. The Bertz CT molecular complexity index is 562. The van der Waals surface area contributed by atoms with Crippen molar-refractivity contribution in [2.75, 3.05) is 6.61 Å². The van der Waals surface area contributed by atoms with Crippen LogP contribution in [-0.2, 0) is 16.1 Å². The predicted octanol–water partition coefficient (Wildman–Crippen LogP) is 4.03. The second-order valence-electron chi connectivity index (χ2n) is 4.44. The van der Waals surface area contributed by atoms with Crippen LogP contribution < -0.4 is 0 Å². The van der Waals surface area contributed by atoms with E-state index in [0.717, 1.165) is 35.3 Å². The molecule has 3 nitrogen and oxygen atoms in total. The van der Waals surface area contributed by atoms with Gasteiger partial charge in [-0.25, -0.2) is 0 Å². The van der Waals surface area contributed by atoms with Gasteiger partial charge in [0.1, 0.15) is 0 Å². The maximum absolute atomic E-state index is 11.2. The number of hydrogen-bond donors (Lipinski definition) is 0. The summed E-state index contributed by atoms with van der Waals surface area (Å²) in [6, 6.07) is 7.95. The van der Waals surface area contributed by atoms with Crippen molar-refractivity contribution in [1.29, 1.82) is 0 Å². The van der Waals surface area contributed by atoms with E-state index in [1.807, 2.05) is 31.3 Å². The summed E-state index contributed by atoms with van der Waals surface area (Å²) >= 11 is 6.13. The van der Waals surface area contributed by atoms with Crippen molar-refractivity contribution in [3.63, 3.8) is 0 Å². The van der Waals surface area contributed by atoms with E-state index < -0.39 is 0 Å². The van der Waals surface area contributed by atoms with Crippen LogP contribution in [0.2, 0.25) is 5.02 Å². The summed E-state index contributed by atoms with van der Waals surface area (Å²) in [7, 11) is 0. The van der Waals surface area contributed by atoms with Crippen LogP contribution in [0, 0.1) is 0 Å². The van der Waals surface area contributed by atoms with E-state index in [2.05, 4.69) is 10.6 Å². The highest BCUT2D eigenvalue weighted by Gasteiger charge is 2.05. The topological polar surface area (TPSA) is 31.2 Å². The summed E-state index contributed by atoms with van der Waals surface area (Å²) < 4.78 is 7.07. The lowest BCUT2D eigenvalue weighted by atomic mass is 10.2. The molecule has 0 unspecified atom stereocenters. The van der Waals surface area contributed by atoms with Crippen molar-refractivity contribution in [2.24, 2.45) is 0 Å². The van der Waals surface area contributed by atoms with Crippen molar-refractivity contribution in [3.8, 4) is 0 Å². The summed E-state index contributed by atoms with van der Waals surface area (Å²) in [6.07, 6.45) is 4.34. The van der Waals surface area contributed by atoms with Gasteiger partial charge in [-0.2, -0.15) is 0 Å². The van der Waals surface area contributed by atoms with Gasteiger partial charge >= 0.3 is 5.97 Å². The number of unbranched alkanes of at least 4 members (excludes halogenated alkanes) is 1. The molecule has 0 spiro atoms. The molecule has 0 N–H and O–H groups in total. The smallest absolute Gasteiger partial charge is 0.305 e. The van der Waals surface area contributed by atoms with E-state index in [9.17, 15) is 4.79 Å². The fourth-order valence-corrected chi connectivity index (χ4v) is 2.40. The number of carbonyl (C=O) groups is 1. The lowest BCUT2D eigenvalue weighted by Gasteiger charge is -2.06. The molecule has 0 saturated heterocycles. The molecule has 2 rings (SSSR count). The molecule has 0 aliphatic rings. The molecule has 0 bridgehead atoms. The number of aryl methyl sites for hydroxylation is 1. The Balaban J connectivity index is 1.89. The van der Waals surface area contributed by atoms with Gasteiger partial charge < -0.3 is 9.30 Å². The number of nitrogens with zero attached hydrogens (tertiary/aromatic N) is 1.